The molecule has 1 atom stereocenters. The Morgan fingerprint density at radius 2 is 2.00 bits per heavy atom. The standard InChI is InChI=1S/C10H21N3O2S/c1-9(10-2-4-11-5-3-10)8-13-7-6-12-16(13,14)15/h9-12H,2-8H2,1H3. The molecule has 16 heavy (non-hydrogen) atoms. The molecule has 0 aromatic carbocycles. The van der Waals surface area contributed by atoms with E-state index in [4.69, 9.17) is 0 Å². The highest BCUT2D eigenvalue weighted by Gasteiger charge is 2.31. The van der Waals surface area contributed by atoms with Crippen LogP contribution in [0.15, 0.2) is 0 Å². The molecule has 2 rings (SSSR count). The van der Waals surface area contributed by atoms with Gasteiger partial charge in [-0.1, -0.05) is 6.92 Å². The van der Waals surface area contributed by atoms with Crippen molar-refractivity contribution in [3.63, 3.8) is 0 Å². The largest absolute Gasteiger partial charge is 0.317 e. The Hall–Kier alpha value is -0.170. The molecule has 0 bridgehead atoms. The number of piperidine rings is 1. The molecule has 6 heteroatoms. The molecule has 0 aliphatic carbocycles. The number of nitrogens with zero attached hydrogens (tertiary/aromatic N) is 1. The highest BCUT2D eigenvalue weighted by molar-refractivity contribution is 7.87. The van der Waals surface area contributed by atoms with E-state index in [1.54, 1.807) is 4.31 Å². The summed E-state index contributed by atoms with van der Waals surface area (Å²) < 4.78 is 27.3. The highest BCUT2D eigenvalue weighted by Crippen LogP contribution is 2.23. The quantitative estimate of drug-likeness (QED) is 0.724. The summed E-state index contributed by atoms with van der Waals surface area (Å²) in [4.78, 5) is 0. The smallest absolute Gasteiger partial charge is 0.279 e. The number of rotatable bonds is 3. The van der Waals surface area contributed by atoms with E-state index in [2.05, 4.69) is 17.0 Å². The predicted octanol–water partition coefficient (Wildman–Crippen LogP) is -0.228. The number of nitrogens with one attached hydrogen (secondary N) is 2. The molecule has 1 unspecified atom stereocenters. The second-order valence-electron chi connectivity index (χ2n) is 4.82. The molecule has 0 radical (unpaired) electrons. The molecule has 0 saturated carbocycles. The first-order valence-electron chi connectivity index (χ1n) is 6.05. The second-order valence-corrected chi connectivity index (χ2v) is 6.58. The molecule has 2 aliphatic rings. The zero-order valence-electron chi connectivity index (χ0n) is 9.78. The van der Waals surface area contributed by atoms with Gasteiger partial charge >= 0.3 is 0 Å². The van der Waals surface area contributed by atoms with Crippen molar-refractivity contribution in [3.8, 4) is 0 Å². The lowest BCUT2D eigenvalue weighted by molar-refractivity contribution is 0.239. The Kier molecular flexibility index (Phi) is 3.84. The summed E-state index contributed by atoms with van der Waals surface area (Å²) in [6, 6.07) is 0. The van der Waals surface area contributed by atoms with Crippen molar-refractivity contribution in [2.75, 3.05) is 32.7 Å². The summed E-state index contributed by atoms with van der Waals surface area (Å²) in [5.74, 6) is 1.12. The van der Waals surface area contributed by atoms with Gasteiger partial charge in [-0.05, 0) is 37.8 Å². The van der Waals surface area contributed by atoms with Gasteiger partial charge in [0.05, 0.1) is 0 Å². The van der Waals surface area contributed by atoms with Crippen molar-refractivity contribution in [1.82, 2.24) is 14.3 Å². The van der Waals surface area contributed by atoms with Gasteiger partial charge in [0.1, 0.15) is 0 Å². The maximum atomic E-state index is 11.6. The fourth-order valence-corrected chi connectivity index (χ4v) is 3.88. The van der Waals surface area contributed by atoms with Crippen LogP contribution in [0.5, 0.6) is 0 Å². The van der Waals surface area contributed by atoms with E-state index in [1.165, 1.54) is 12.8 Å². The van der Waals surface area contributed by atoms with Crippen LogP contribution in [0.1, 0.15) is 19.8 Å². The molecule has 2 aliphatic heterocycles. The van der Waals surface area contributed by atoms with Gasteiger partial charge in [-0.3, -0.25) is 0 Å². The first-order chi connectivity index (χ1) is 7.59. The van der Waals surface area contributed by atoms with Crippen molar-refractivity contribution in [1.29, 1.82) is 0 Å². The SMILES string of the molecule is CC(CN1CCNS1(=O)=O)C1CCNCC1. The Bertz CT molecular complexity index is 325. The van der Waals surface area contributed by atoms with Gasteiger partial charge in [-0.25, -0.2) is 4.72 Å². The van der Waals surface area contributed by atoms with E-state index in [1.807, 2.05) is 0 Å². The number of hydrogen-bond donors (Lipinski definition) is 2. The Labute approximate surface area is 97.8 Å². The van der Waals surface area contributed by atoms with E-state index in [9.17, 15) is 8.42 Å². The van der Waals surface area contributed by atoms with Crippen LogP contribution >= 0.6 is 0 Å². The maximum Gasteiger partial charge on any atom is 0.279 e. The van der Waals surface area contributed by atoms with Crippen molar-refractivity contribution in [2.45, 2.75) is 19.8 Å². The summed E-state index contributed by atoms with van der Waals surface area (Å²) in [6.45, 7) is 6.16. The molecule has 2 fully saturated rings. The molecule has 0 aromatic rings. The minimum atomic E-state index is -3.15. The molecular weight excluding hydrogens is 226 g/mol. The van der Waals surface area contributed by atoms with Crippen LogP contribution in [0.2, 0.25) is 0 Å². The minimum Gasteiger partial charge on any atom is -0.317 e. The second kappa shape index (κ2) is 5.00. The molecule has 0 amide bonds. The van der Waals surface area contributed by atoms with Crippen LogP contribution in [0.4, 0.5) is 0 Å². The van der Waals surface area contributed by atoms with Crippen LogP contribution in [-0.2, 0) is 10.2 Å². The van der Waals surface area contributed by atoms with Gasteiger partial charge < -0.3 is 5.32 Å². The van der Waals surface area contributed by atoms with Gasteiger partial charge in [-0.2, -0.15) is 12.7 Å². The summed E-state index contributed by atoms with van der Waals surface area (Å²) in [5.41, 5.74) is 0. The third kappa shape index (κ3) is 2.74. The highest BCUT2D eigenvalue weighted by atomic mass is 32.2. The van der Waals surface area contributed by atoms with E-state index < -0.39 is 10.2 Å². The summed E-state index contributed by atoms with van der Waals surface area (Å²) >= 11 is 0. The average molecular weight is 247 g/mol. The van der Waals surface area contributed by atoms with Crippen LogP contribution in [0.25, 0.3) is 0 Å². The lowest BCUT2D eigenvalue weighted by atomic mass is 9.86. The summed E-state index contributed by atoms with van der Waals surface area (Å²) in [5, 5.41) is 3.34. The molecule has 94 valence electrons. The van der Waals surface area contributed by atoms with Crippen LogP contribution in [0.3, 0.4) is 0 Å². The van der Waals surface area contributed by atoms with Gasteiger partial charge in [0, 0.05) is 19.6 Å². The lowest BCUT2D eigenvalue weighted by Gasteiger charge is -2.30. The molecule has 0 aromatic heterocycles. The fraction of sp³-hybridized carbons (Fsp3) is 1.00. The maximum absolute atomic E-state index is 11.6. The molecule has 0 spiro atoms. The van der Waals surface area contributed by atoms with Crippen LogP contribution in [-0.4, -0.2) is 45.4 Å². The third-order valence-corrected chi connectivity index (χ3v) is 5.25. The van der Waals surface area contributed by atoms with Crippen molar-refractivity contribution >= 4 is 10.2 Å². The zero-order chi connectivity index (χ0) is 11.6. The monoisotopic (exact) mass is 247 g/mol. The van der Waals surface area contributed by atoms with Gasteiger partial charge in [0.25, 0.3) is 10.2 Å². The normalized spacial score (nSPS) is 29.3. The van der Waals surface area contributed by atoms with Gasteiger partial charge in [-0.15, -0.1) is 0 Å². The molecule has 2 heterocycles. The Morgan fingerprint density at radius 3 is 2.56 bits per heavy atom. The van der Waals surface area contributed by atoms with E-state index in [0.717, 1.165) is 13.1 Å². The van der Waals surface area contributed by atoms with E-state index in [-0.39, 0.29) is 0 Å². The third-order valence-electron chi connectivity index (χ3n) is 3.67. The van der Waals surface area contributed by atoms with Gasteiger partial charge in [0.2, 0.25) is 0 Å². The predicted molar refractivity (Wildman–Crippen MR) is 63.3 cm³/mol. The van der Waals surface area contributed by atoms with Crippen molar-refractivity contribution in [3.05, 3.63) is 0 Å². The van der Waals surface area contributed by atoms with Crippen LogP contribution < -0.4 is 10.0 Å². The Morgan fingerprint density at radius 1 is 1.31 bits per heavy atom. The fourth-order valence-electron chi connectivity index (χ4n) is 2.58. The molecule has 2 N–H and O–H groups in total. The van der Waals surface area contributed by atoms with E-state index in [0.29, 0.717) is 31.5 Å². The summed E-state index contributed by atoms with van der Waals surface area (Å²) in [6.07, 6.45) is 2.34. The molecular formula is C10H21N3O2S. The van der Waals surface area contributed by atoms with Gasteiger partial charge in [0.15, 0.2) is 0 Å². The summed E-state index contributed by atoms with van der Waals surface area (Å²) in [7, 11) is -3.15. The molecule has 5 nitrogen and oxygen atoms in total. The Balaban J connectivity index is 1.88. The zero-order valence-corrected chi connectivity index (χ0v) is 10.6. The first-order valence-corrected chi connectivity index (χ1v) is 7.49. The lowest BCUT2D eigenvalue weighted by Crippen LogP contribution is -2.38. The van der Waals surface area contributed by atoms with Crippen LogP contribution in [0, 0.1) is 11.8 Å². The van der Waals surface area contributed by atoms with E-state index >= 15 is 0 Å². The van der Waals surface area contributed by atoms with Crippen molar-refractivity contribution in [2.24, 2.45) is 11.8 Å². The topological polar surface area (TPSA) is 61.4 Å². The average Bonchev–Trinajstić information content (AvgIpc) is 2.59. The van der Waals surface area contributed by atoms with Crippen molar-refractivity contribution < 1.29 is 8.42 Å². The minimum absolute atomic E-state index is 0.455. The first kappa shape index (κ1) is 12.3. The number of hydrogen-bond acceptors (Lipinski definition) is 3. The molecule has 2 saturated heterocycles.